The van der Waals surface area contributed by atoms with Gasteiger partial charge in [0.2, 0.25) is 17.7 Å². The van der Waals surface area contributed by atoms with Crippen molar-refractivity contribution in [1.29, 1.82) is 5.26 Å². The number of hydrogen-bond donors (Lipinski definition) is 1. The summed E-state index contributed by atoms with van der Waals surface area (Å²) in [7, 11) is -2.00. The minimum Gasteiger partial charge on any atom is -0.419 e. The first-order valence-corrected chi connectivity index (χ1v) is 16.1. The minimum absolute atomic E-state index is 0.0509. The van der Waals surface area contributed by atoms with E-state index in [1.54, 1.807) is 24.3 Å². The monoisotopic (exact) mass is 667 g/mol. The number of alkyl halides is 3. The van der Waals surface area contributed by atoms with Gasteiger partial charge in [0.25, 0.3) is 0 Å². The second-order valence-electron chi connectivity index (χ2n) is 11.5. The molecule has 4 aromatic rings. The Bertz CT molecular complexity index is 1950. The third kappa shape index (κ3) is 6.55. The highest BCUT2D eigenvalue weighted by atomic mass is 32.2. The lowest BCUT2D eigenvalue weighted by Crippen LogP contribution is -2.45. The quantitative estimate of drug-likeness (QED) is 0.317. The maximum Gasteiger partial charge on any atom is 0.573 e. The molecule has 4 heterocycles. The van der Waals surface area contributed by atoms with E-state index in [0.717, 1.165) is 12.3 Å². The lowest BCUT2D eigenvalue weighted by Gasteiger charge is -2.32. The smallest absolute Gasteiger partial charge is 0.419 e. The van der Waals surface area contributed by atoms with Crippen LogP contribution in [0, 0.1) is 11.3 Å². The SMILES string of the molecule is CN1CCC(C#N)(c2nnc(-c3ccc4c(c3)N(Cc3ccc(-c5ccc(OC(F)(F)F)cn5)cc3)C(=O)[C@@H](N)CS4(=O)=O)o2)CC1. The number of amides is 1. The van der Waals surface area contributed by atoms with Gasteiger partial charge in [0.15, 0.2) is 9.84 Å². The molecule has 244 valence electrons. The summed E-state index contributed by atoms with van der Waals surface area (Å²) >= 11 is 0. The van der Waals surface area contributed by atoms with Crippen molar-refractivity contribution in [2.75, 3.05) is 30.8 Å². The summed E-state index contributed by atoms with van der Waals surface area (Å²) in [6.45, 7) is 1.31. The van der Waals surface area contributed by atoms with Crippen LogP contribution >= 0.6 is 0 Å². The van der Waals surface area contributed by atoms with Gasteiger partial charge in [-0.25, -0.2) is 8.42 Å². The number of nitriles is 1. The largest absolute Gasteiger partial charge is 0.573 e. The Balaban J connectivity index is 1.30. The second-order valence-corrected chi connectivity index (χ2v) is 13.5. The minimum atomic E-state index is -4.84. The normalized spacial score (nSPS) is 19.4. The zero-order chi connectivity index (χ0) is 33.6. The van der Waals surface area contributed by atoms with E-state index in [-0.39, 0.29) is 28.9 Å². The van der Waals surface area contributed by atoms with Gasteiger partial charge in [0.1, 0.15) is 11.2 Å². The van der Waals surface area contributed by atoms with Crippen molar-refractivity contribution in [3.8, 4) is 34.5 Å². The van der Waals surface area contributed by atoms with Crippen molar-refractivity contribution in [2.45, 2.75) is 42.1 Å². The van der Waals surface area contributed by atoms with Gasteiger partial charge < -0.3 is 24.7 Å². The van der Waals surface area contributed by atoms with Crippen molar-refractivity contribution >= 4 is 21.4 Å². The van der Waals surface area contributed by atoms with Gasteiger partial charge in [-0.05, 0) is 68.9 Å². The van der Waals surface area contributed by atoms with Crippen LogP contribution in [0.15, 0.2) is 70.1 Å². The van der Waals surface area contributed by atoms with Crippen molar-refractivity contribution in [3.05, 3.63) is 72.2 Å². The highest BCUT2D eigenvalue weighted by Crippen LogP contribution is 2.38. The van der Waals surface area contributed by atoms with Gasteiger partial charge >= 0.3 is 6.36 Å². The molecule has 0 radical (unpaired) electrons. The topological polar surface area (TPSA) is 169 Å². The number of carbonyl (C=O) groups excluding carboxylic acids is 1. The summed E-state index contributed by atoms with van der Waals surface area (Å²) in [5.41, 5.74) is 7.15. The van der Waals surface area contributed by atoms with Crippen molar-refractivity contribution in [3.63, 3.8) is 0 Å². The molecular weight excluding hydrogens is 639 g/mol. The van der Waals surface area contributed by atoms with Crippen LogP contribution in [0.1, 0.15) is 24.3 Å². The number of fused-ring (bicyclic) bond motifs is 1. The van der Waals surface area contributed by atoms with Crippen LogP contribution in [0.4, 0.5) is 18.9 Å². The Morgan fingerprint density at radius 2 is 1.79 bits per heavy atom. The molecule has 6 rings (SSSR count). The fraction of sp³-hybridized carbons (Fsp3) is 0.323. The van der Waals surface area contributed by atoms with Crippen LogP contribution in [-0.2, 0) is 26.6 Å². The average Bonchev–Trinajstić information content (AvgIpc) is 3.52. The van der Waals surface area contributed by atoms with Crippen molar-refractivity contribution in [1.82, 2.24) is 20.1 Å². The van der Waals surface area contributed by atoms with Crippen molar-refractivity contribution in [2.24, 2.45) is 5.73 Å². The lowest BCUT2D eigenvalue weighted by molar-refractivity contribution is -0.274. The molecule has 0 spiro atoms. The number of sulfone groups is 1. The number of likely N-dealkylation sites (tertiary alicyclic amines) is 1. The summed E-state index contributed by atoms with van der Waals surface area (Å²) in [5.74, 6) is -1.41. The van der Waals surface area contributed by atoms with E-state index in [1.165, 1.54) is 29.2 Å². The maximum absolute atomic E-state index is 13.5. The van der Waals surface area contributed by atoms with Gasteiger partial charge in [0.05, 0.1) is 46.9 Å². The zero-order valence-corrected chi connectivity index (χ0v) is 25.8. The van der Waals surface area contributed by atoms with Crippen LogP contribution < -0.4 is 15.4 Å². The van der Waals surface area contributed by atoms with E-state index in [2.05, 4.69) is 30.9 Å². The number of aromatic nitrogens is 3. The third-order valence-electron chi connectivity index (χ3n) is 8.26. The number of pyridine rings is 1. The van der Waals surface area contributed by atoms with E-state index in [1.807, 2.05) is 7.05 Å². The Morgan fingerprint density at radius 3 is 2.43 bits per heavy atom. The molecule has 2 aromatic heterocycles. The molecule has 0 unspecified atom stereocenters. The van der Waals surface area contributed by atoms with E-state index < -0.39 is 45.1 Å². The summed E-state index contributed by atoms with van der Waals surface area (Å²) in [5, 5.41) is 18.3. The fourth-order valence-electron chi connectivity index (χ4n) is 5.62. The van der Waals surface area contributed by atoms with E-state index in [4.69, 9.17) is 10.2 Å². The number of halogens is 3. The second kappa shape index (κ2) is 12.1. The molecule has 0 aliphatic carbocycles. The average molecular weight is 668 g/mol. The molecule has 12 nitrogen and oxygen atoms in total. The first kappa shape index (κ1) is 32.1. The summed E-state index contributed by atoms with van der Waals surface area (Å²) < 4.78 is 73.9. The Labute approximate surface area is 267 Å². The third-order valence-corrected chi connectivity index (χ3v) is 10.1. The maximum atomic E-state index is 13.5. The van der Waals surface area contributed by atoms with Gasteiger partial charge in [-0.3, -0.25) is 9.78 Å². The number of benzene rings is 2. The number of hydrogen-bond acceptors (Lipinski definition) is 11. The van der Waals surface area contributed by atoms with Crippen molar-refractivity contribution < 1.29 is 35.5 Å². The fourth-order valence-corrected chi connectivity index (χ4v) is 7.18. The molecular formula is C31H28F3N7O5S. The predicted molar refractivity (Wildman–Crippen MR) is 161 cm³/mol. The van der Waals surface area contributed by atoms with Crippen LogP contribution in [0.25, 0.3) is 22.7 Å². The van der Waals surface area contributed by atoms with E-state index >= 15 is 0 Å². The first-order chi connectivity index (χ1) is 22.3. The molecule has 47 heavy (non-hydrogen) atoms. The zero-order valence-electron chi connectivity index (χ0n) is 24.9. The van der Waals surface area contributed by atoms with Gasteiger partial charge in [-0.2, -0.15) is 5.26 Å². The number of carbonyl (C=O) groups is 1. The summed E-state index contributed by atoms with van der Waals surface area (Å²) in [4.78, 5) is 20.9. The van der Waals surface area contributed by atoms with Crippen LogP contribution in [0.3, 0.4) is 0 Å². The molecule has 2 aliphatic rings. The Hall–Kier alpha value is -4.85. The molecule has 16 heteroatoms. The highest BCUT2D eigenvalue weighted by molar-refractivity contribution is 7.91. The molecule has 1 amide bonds. The molecule has 2 aliphatic heterocycles. The highest BCUT2D eigenvalue weighted by Gasteiger charge is 2.41. The Kier molecular flexibility index (Phi) is 8.24. The molecule has 1 saturated heterocycles. The molecule has 2 N–H and O–H groups in total. The number of nitrogens with two attached hydrogens (primary N) is 1. The van der Waals surface area contributed by atoms with Gasteiger partial charge in [-0.15, -0.1) is 23.4 Å². The summed E-state index contributed by atoms with van der Waals surface area (Å²) in [6, 6.07) is 14.6. The van der Waals surface area contributed by atoms with Crippen LogP contribution in [-0.4, -0.2) is 72.7 Å². The van der Waals surface area contributed by atoms with Crippen LogP contribution in [0.5, 0.6) is 5.75 Å². The standard InChI is InChI=1S/C31H28F3N7O5S/c1-40-12-10-30(18-35,11-13-40)29-39-38-27(45-29)21-6-9-26-25(14-21)41(28(42)23(36)17-47(26,43)44)16-19-2-4-20(5-3-19)24-8-7-22(15-37-24)46-31(32,33)34/h2-9,14-15,23H,10-13,16-17,36H2,1H3/t23-/m0/s1. The number of ether oxygens (including phenoxy) is 1. The van der Waals surface area contributed by atoms with E-state index in [0.29, 0.717) is 48.3 Å². The molecule has 0 saturated carbocycles. The molecule has 0 bridgehead atoms. The predicted octanol–water partition coefficient (Wildman–Crippen LogP) is 3.83. The van der Waals surface area contributed by atoms with Gasteiger partial charge in [0, 0.05) is 11.1 Å². The number of nitrogens with zero attached hydrogens (tertiary/aromatic N) is 6. The van der Waals surface area contributed by atoms with Gasteiger partial charge in [-0.1, -0.05) is 24.3 Å². The molecule has 1 fully saturated rings. The number of rotatable bonds is 6. The lowest BCUT2D eigenvalue weighted by atomic mass is 9.80. The molecule has 2 aromatic carbocycles. The molecule has 1 atom stereocenters. The first-order valence-electron chi connectivity index (χ1n) is 14.5. The summed E-state index contributed by atoms with van der Waals surface area (Å²) in [6.07, 6.45) is -2.85. The number of piperidine rings is 1. The number of anilines is 1. The Morgan fingerprint density at radius 1 is 1.09 bits per heavy atom. The van der Waals surface area contributed by atoms with Crippen LogP contribution in [0.2, 0.25) is 0 Å². The van der Waals surface area contributed by atoms with E-state index in [9.17, 15) is 31.6 Å².